The molecule has 2 fully saturated rings. The molecule has 2 aliphatic heterocycles. The number of ether oxygens (including phenoxy) is 1. The Kier molecular flexibility index (Phi) is 6.05. The van der Waals surface area contributed by atoms with Gasteiger partial charge in [0.25, 0.3) is 11.7 Å². The maximum absolute atomic E-state index is 13.6. The summed E-state index contributed by atoms with van der Waals surface area (Å²) < 4.78 is 31.9. The summed E-state index contributed by atoms with van der Waals surface area (Å²) in [4.78, 5) is 19.3. The number of nitrogens with zero attached hydrogens (tertiary/aromatic N) is 4. The molecule has 3 aromatic rings. The topological polar surface area (TPSA) is 115 Å². The molecular formula is C28H30N5O4S+. The second-order valence-electron chi connectivity index (χ2n) is 10.0. The van der Waals surface area contributed by atoms with Gasteiger partial charge in [0.05, 0.1) is 25.0 Å². The molecule has 1 amide bonds. The highest BCUT2D eigenvalue weighted by Gasteiger charge is 2.56. The van der Waals surface area contributed by atoms with Crippen molar-refractivity contribution in [1.82, 2.24) is 8.98 Å². The minimum Gasteiger partial charge on any atom is -0.378 e. The minimum atomic E-state index is -3.93. The van der Waals surface area contributed by atoms with Crippen LogP contribution in [0.2, 0.25) is 0 Å². The number of aromatic nitrogens is 1. The van der Waals surface area contributed by atoms with Crippen LogP contribution in [0, 0.1) is 5.92 Å². The van der Waals surface area contributed by atoms with Crippen LogP contribution in [-0.2, 0) is 14.8 Å². The van der Waals surface area contributed by atoms with E-state index >= 15 is 0 Å². The van der Waals surface area contributed by atoms with Crippen molar-refractivity contribution in [2.75, 3.05) is 37.5 Å². The van der Waals surface area contributed by atoms with Gasteiger partial charge in [0.2, 0.25) is 0 Å². The first-order chi connectivity index (χ1) is 18.3. The van der Waals surface area contributed by atoms with Crippen LogP contribution in [0.25, 0.3) is 11.1 Å². The number of sulfonamides is 1. The molecule has 2 N–H and O–H groups in total. The zero-order valence-corrected chi connectivity index (χ0v) is 22.0. The number of quaternary nitrogens is 1. The number of hydrogen-bond donors (Lipinski definition) is 1. The van der Waals surface area contributed by atoms with Crippen LogP contribution in [0.1, 0.15) is 35.3 Å². The third-order valence-corrected chi connectivity index (χ3v) is 9.10. The molecule has 1 aromatic heterocycles. The summed E-state index contributed by atoms with van der Waals surface area (Å²) in [6.07, 6.45) is 4.06. The lowest BCUT2D eigenvalue weighted by atomic mass is 9.78. The van der Waals surface area contributed by atoms with Crippen LogP contribution >= 0.6 is 0 Å². The van der Waals surface area contributed by atoms with Gasteiger partial charge in [0.1, 0.15) is 11.4 Å². The molecule has 9 nitrogen and oxygen atoms in total. The number of benzene rings is 2. The quantitative estimate of drug-likeness (QED) is 0.483. The zero-order chi connectivity index (χ0) is 26.5. The number of para-hydroxylation sites is 1. The van der Waals surface area contributed by atoms with Crippen molar-refractivity contribution in [3.63, 3.8) is 0 Å². The van der Waals surface area contributed by atoms with Gasteiger partial charge in [-0.3, -0.25) is 4.79 Å². The van der Waals surface area contributed by atoms with E-state index in [0.717, 1.165) is 55.6 Å². The Labute approximate surface area is 222 Å². The van der Waals surface area contributed by atoms with Crippen molar-refractivity contribution in [3.8, 4) is 11.1 Å². The third-order valence-electron chi connectivity index (χ3n) is 7.68. The van der Waals surface area contributed by atoms with Crippen LogP contribution < -0.4 is 14.6 Å². The van der Waals surface area contributed by atoms with Crippen molar-refractivity contribution in [2.45, 2.75) is 19.3 Å². The first-order valence-electron chi connectivity index (χ1n) is 12.8. The van der Waals surface area contributed by atoms with E-state index in [1.54, 1.807) is 30.3 Å². The molecule has 3 aliphatic rings. The van der Waals surface area contributed by atoms with Crippen LogP contribution in [-0.4, -0.2) is 57.6 Å². The molecule has 0 spiro atoms. The summed E-state index contributed by atoms with van der Waals surface area (Å²) in [5.41, 5.74) is 10.2. The number of morpholine rings is 1. The number of nitrogens with two attached hydrogens (primary N) is 1. The number of carbonyl (C=O) groups excluding carboxylic acids is 1. The van der Waals surface area contributed by atoms with Gasteiger partial charge in [-0.15, -0.1) is 0 Å². The minimum absolute atomic E-state index is 0.00291. The van der Waals surface area contributed by atoms with Gasteiger partial charge >= 0.3 is 10.0 Å². The van der Waals surface area contributed by atoms with E-state index in [0.29, 0.717) is 30.0 Å². The Hall–Kier alpha value is -3.60. The van der Waals surface area contributed by atoms with Crippen molar-refractivity contribution >= 4 is 38.8 Å². The molecule has 10 heteroatoms. The molecule has 3 heterocycles. The van der Waals surface area contributed by atoms with E-state index in [9.17, 15) is 13.2 Å². The predicted octanol–water partition coefficient (Wildman–Crippen LogP) is 3.80. The highest BCUT2D eigenvalue weighted by atomic mass is 32.2. The third kappa shape index (κ3) is 3.91. The Bertz CT molecular complexity index is 1530. The summed E-state index contributed by atoms with van der Waals surface area (Å²) in [5, 5.41) is 4.96. The maximum Gasteiger partial charge on any atom is 0.329 e. The number of anilines is 1. The van der Waals surface area contributed by atoms with Crippen LogP contribution in [0.3, 0.4) is 0 Å². The average molecular weight is 533 g/mol. The number of amides is 1. The smallest absolute Gasteiger partial charge is 0.329 e. The van der Waals surface area contributed by atoms with Gasteiger partial charge in [-0.2, -0.15) is 13.4 Å². The molecule has 1 aliphatic carbocycles. The Balaban J connectivity index is 1.60. The Morgan fingerprint density at radius 1 is 1.05 bits per heavy atom. The molecule has 1 unspecified atom stereocenters. The fraction of sp³-hybridized carbons (Fsp3) is 0.321. The molecular weight excluding hydrogens is 502 g/mol. The van der Waals surface area contributed by atoms with Gasteiger partial charge in [-0.05, 0) is 40.6 Å². The molecule has 2 aromatic carbocycles. The fourth-order valence-corrected chi connectivity index (χ4v) is 6.67. The predicted molar refractivity (Wildman–Crippen MR) is 148 cm³/mol. The van der Waals surface area contributed by atoms with E-state index < -0.39 is 19.9 Å². The van der Waals surface area contributed by atoms with Crippen LogP contribution in [0.5, 0.6) is 0 Å². The Morgan fingerprint density at radius 3 is 2.32 bits per heavy atom. The van der Waals surface area contributed by atoms with Gasteiger partial charge in [0, 0.05) is 42.4 Å². The second-order valence-corrected chi connectivity index (χ2v) is 12.0. The Morgan fingerprint density at radius 2 is 1.74 bits per heavy atom. The number of rotatable bonds is 6. The van der Waals surface area contributed by atoms with E-state index in [2.05, 4.69) is 9.88 Å². The lowest BCUT2D eigenvalue weighted by Crippen LogP contribution is -2.43. The van der Waals surface area contributed by atoms with E-state index in [4.69, 9.17) is 15.6 Å². The van der Waals surface area contributed by atoms with Crippen molar-refractivity contribution in [1.29, 1.82) is 0 Å². The van der Waals surface area contributed by atoms with Gasteiger partial charge in [-0.25, -0.2) is 0 Å². The molecule has 0 radical (unpaired) electrons. The lowest BCUT2D eigenvalue weighted by Gasteiger charge is -2.29. The first-order valence-corrected chi connectivity index (χ1v) is 14.7. The maximum atomic E-state index is 13.6. The standard InChI is InChI=1S/C28H29N5O4S/c1-38(35,36)33(22-8-3-2-4-9-22)28-25(26(31-33)20-6-5-7-20)23(18-24(30-28)27(29)34)19-10-12-21(13-11-19)32-14-16-37-17-15-32/h2-4,8-13,18,20H,5-7,14-17H2,1H3,(H-,29,34)/p+1. The lowest BCUT2D eigenvalue weighted by molar-refractivity contribution is 0.0995. The van der Waals surface area contributed by atoms with Crippen LogP contribution in [0.4, 0.5) is 17.2 Å². The summed E-state index contributed by atoms with van der Waals surface area (Å²) in [7, 11) is -3.93. The molecule has 1 saturated heterocycles. The summed E-state index contributed by atoms with van der Waals surface area (Å²) >= 11 is 0. The number of fused-ring (bicyclic) bond motifs is 1. The van der Waals surface area contributed by atoms with Gasteiger partial charge < -0.3 is 15.4 Å². The summed E-state index contributed by atoms with van der Waals surface area (Å²) in [5.74, 6) is -0.410. The normalized spacial score (nSPS) is 21.5. The molecule has 0 bridgehead atoms. The van der Waals surface area contributed by atoms with Crippen molar-refractivity contribution in [3.05, 3.63) is 71.9 Å². The van der Waals surface area contributed by atoms with Crippen molar-refractivity contribution < 1.29 is 17.9 Å². The van der Waals surface area contributed by atoms with Crippen LogP contribution in [0.15, 0.2) is 65.8 Å². The summed E-state index contributed by atoms with van der Waals surface area (Å²) in [6, 6.07) is 18.6. The SMILES string of the molecule is CS(=O)(=O)[N+]1(c2ccccc2)N=C(C2CCC2)c2c(-c3ccc(N4CCOCC4)cc3)cc(C(N)=O)nc21. The highest BCUT2D eigenvalue weighted by Crippen LogP contribution is 2.50. The highest BCUT2D eigenvalue weighted by molar-refractivity contribution is 7.90. The van der Waals surface area contributed by atoms with E-state index in [1.165, 1.54) is 0 Å². The molecule has 1 saturated carbocycles. The molecule has 196 valence electrons. The number of primary amides is 1. The zero-order valence-electron chi connectivity index (χ0n) is 21.2. The summed E-state index contributed by atoms with van der Waals surface area (Å²) in [6.45, 7) is 3.01. The largest absolute Gasteiger partial charge is 0.378 e. The second kappa shape index (κ2) is 9.30. The monoisotopic (exact) mass is 532 g/mol. The first kappa shape index (κ1) is 24.7. The molecule has 6 rings (SSSR count). The fourth-order valence-electron chi connectivity index (χ4n) is 5.48. The van der Waals surface area contributed by atoms with Gasteiger partial charge in [-0.1, -0.05) is 41.9 Å². The van der Waals surface area contributed by atoms with E-state index in [1.807, 2.05) is 30.3 Å². The molecule has 38 heavy (non-hydrogen) atoms. The van der Waals surface area contributed by atoms with Gasteiger partial charge in [0.15, 0.2) is 5.69 Å². The molecule has 1 atom stereocenters. The average Bonchev–Trinajstić information content (AvgIpc) is 3.24. The number of carbonyl (C=O) groups is 1. The van der Waals surface area contributed by atoms with Crippen molar-refractivity contribution in [2.24, 2.45) is 16.8 Å². The van der Waals surface area contributed by atoms with E-state index in [-0.39, 0.29) is 17.4 Å². The number of hydrogen-bond acceptors (Lipinski definition) is 7. The number of pyridine rings is 1.